The number of aliphatic hydroxyl groups is 1. The highest BCUT2D eigenvalue weighted by Crippen LogP contribution is 2.27. The van der Waals surface area contributed by atoms with E-state index in [1.165, 1.54) is 0 Å². The standard InChI is InChI=1S/C10H11BrO3/c1-2-10(14,9(12)13)7-4-3-5-8(11)6-7/h3-6,14H,2H2,1H3,(H,12,13). The summed E-state index contributed by atoms with van der Waals surface area (Å²) >= 11 is 3.23. The zero-order valence-electron chi connectivity index (χ0n) is 7.70. The first-order chi connectivity index (χ1) is 6.50. The summed E-state index contributed by atoms with van der Waals surface area (Å²) in [7, 11) is 0. The van der Waals surface area contributed by atoms with Crippen LogP contribution in [-0.2, 0) is 10.4 Å². The van der Waals surface area contributed by atoms with Crippen LogP contribution in [0, 0.1) is 0 Å². The molecular weight excluding hydrogens is 248 g/mol. The largest absolute Gasteiger partial charge is 0.479 e. The van der Waals surface area contributed by atoms with Gasteiger partial charge in [-0.05, 0) is 24.1 Å². The Hall–Kier alpha value is -0.870. The Morgan fingerprint density at radius 1 is 1.57 bits per heavy atom. The molecule has 14 heavy (non-hydrogen) atoms. The van der Waals surface area contributed by atoms with Crippen LogP contribution in [-0.4, -0.2) is 16.2 Å². The van der Waals surface area contributed by atoms with Crippen molar-refractivity contribution in [2.75, 3.05) is 0 Å². The number of rotatable bonds is 3. The van der Waals surface area contributed by atoms with E-state index in [1.807, 2.05) is 0 Å². The molecule has 0 bridgehead atoms. The van der Waals surface area contributed by atoms with Crippen LogP contribution in [0.15, 0.2) is 28.7 Å². The third-order valence-electron chi connectivity index (χ3n) is 2.17. The van der Waals surface area contributed by atoms with Gasteiger partial charge >= 0.3 is 5.97 Å². The molecular formula is C10H11BrO3. The lowest BCUT2D eigenvalue weighted by Crippen LogP contribution is -2.34. The summed E-state index contributed by atoms with van der Waals surface area (Å²) in [5.41, 5.74) is -1.40. The summed E-state index contributed by atoms with van der Waals surface area (Å²) in [6.45, 7) is 1.63. The lowest BCUT2D eigenvalue weighted by molar-refractivity contribution is -0.160. The Morgan fingerprint density at radius 3 is 2.64 bits per heavy atom. The molecule has 0 saturated carbocycles. The number of halogens is 1. The van der Waals surface area contributed by atoms with Crippen LogP contribution in [0.2, 0.25) is 0 Å². The number of carbonyl (C=O) groups is 1. The Kier molecular flexibility index (Phi) is 3.29. The van der Waals surface area contributed by atoms with Crippen molar-refractivity contribution in [3.63, 3.8) is 0 Å². The fourth-order valence-electron chi connectivity index (χ4n) is 1.22. The molecule has 0 heterocycles. The zero-order chi connectivity index (χ0) is 10.8. The third kappa shape index (κ3) is 1.96. The quantitative estimate of drug-likeness (QED) is 0.874. The molecule has 0 saturated heterocycles. The molecule has 0 aliphatic heterocycles. The van der Waals surface area contributed by atoms with Crippen LogP contribution < -0.4 is 0 Å². The van der Waals surface area contributed by atoms with Crippen molar-refractivity contribution >= 4 is 21.9 Å². The summed E-state index contributed by atoms with van der Waals surface area (Å²) in [6.07, 6.45) is 0.138. The SMILES string of the molecule is CCC(O)(C(=O)O)c1cccc(Br)c1. The molecule has 3 nitrogen and oxygen atoms in total. The average Bonchev–Trinajstić information content (AvgIpc) is 2.16. The van der Waals surface area contributed by atoms with Crippen LogP contribution in [0.1, 0.15) is 18.9 Å². The summed E-state index contributed by atoms with van der Waals surface area (Å²) < 4.78 is 0.753. The lowest BCUT2D eigenvalue weighted by atomic mass is 9.91. The maximum absolute atomic E-state index is 10.9. The lowest BCUT2D eigenvalue weighted by Gasteiger charge is -2.22. The second kappa shape index (κ2) is 4.11. The molecule has 0 radical (unpaired) electrons. The molecule has 76 valence electrons. The molecule has 1 aromatic rings. The molecule has 0 aromatic heterocycles. The molecule has 2 N–H and O–H groups in total. The smallest absolute Gasteiger partial charge is 0.340 e. The second-order valence-electron chi connectivity index (χ2n) is 3.03. The van der Waals surface area contributed by atoms with E-state index in [-0.39, 0.29) is 6.42 Å². The summed E-state index contributed by atoms with van der Waals surface area (Å²) in [4.78, 5) is 10.9. The second-order valence-corrected chi connectivity index (χ2v) is 3.95. The molecule has 1 unspecified atom stereocenters. The monoisotopic (exact) mass is 258 g/mol. The van der Waals surface area contributed by atoms with Gasteiger partial charge in [-0.3, -0.25) is 0 Å². The first-order valence-corrected chi connectivity index (χ1v) is 5.02. The van der Waals surface area contributed by atoms with Crippen molar-refractivity contribution in [2.24, 2.45) is 0 Å². The highest BCUT2D eigenvalue weighted by Gasteiger charge is 2.35. The fourth-order valence-corrected chi connectivity index (χ4v) is 1.62. The number of aliphatic carboxylic acids is 1. The minimum absolute atomic E-state index is 0.138. The van der Waals surface area contributed by atoms with Gasteiger partial charge < -0.3 is 10.2 Å². The fraction of sp³-hybridized carbons (Fsp3) is 0.300. The predicted octanol–water partition coefficient (Wildman–Crippen LogP) is 2.13. The van der Waals surface area contributed by atoms with Crippen molar-refractivity contribution in [1.29, 1.82) is 0 Å². The van der Waals surface area contributed by atoms with E-state index in [4.69, 9.17) is 5.11 Å². The van der Waals surface area contributed by atoms with E-state index in [0.29, 0.717) is 5.56 Å². The minimum atomic E-state index is -1.79. The molecule has 1 aromatic carbocycles. The maximum atomic E-state index is 10.9. The van der Waals surface area contributed by atoms with Crippen molar-refractivity contribution in [3.8, 4) is 0 Å². The molecule has 0 amide bonds. The predicted molar refractivity (Wildman–Crippen MR) is 56.0 cm³/mol. The van der Waals surface area contributed by atoms with E-state index in [1.54, 1.807) is 31.2 Å². The van der Waals surface area contributed by atoms with Crippen molar-refractivity contribution in [1.82, 2.24) is 0 Å². The minimum Gasteiger partial charge on any atom is -0.479 e. The number of hydrogen-bond acceptors (Lipinski definition) is 2. The third-order valence-corrected chi connectivity index (χ3v) is 2.66. The molecule has 0 aliphatic rings. The van der Waals surface area contributed by atoms with Crippen molar-refractivity contribution in [3.05, 3.63) is 34.3 Å². The first-order valence-electron chi connectivity index (χ1n) is 4.22. The van der Waals surface area contributed by atoms with Gasteiger partial charge in [-0.25, -0.2) is 4.79 Å². The molecule has 0 aliphatic carbocycles. The highest BCUT2D eigenvalue weighted by atomic mass is 79.9. The normalized spacial score (nSPS) is 14.8. The van der Waals surface area contributed by atoms with Crippen LogP contribution in [0.4, 0.5) is 0 Å². The maximum Gasteiger partial charge on any atom is 0.340 e. The van der Waals surface area contributed by atoms with E-state index < -0.39 is 11.6 Å². The van der Waals surface area contributed by atoms with Gasteiger partial charge in [0.05, 0.1) is 0 Å². The number of benzene rings is 1. The summed E-state index contributed by atoms with van der Waals surface area (Å²) in [5, 5.41) is 18.8. The van der Waals surface area contributed by atoms with Crippen LogP contribution in [0.25, 0.3) is 0 Å². The van der Waals surface area contributed by atoms with E-state index >= 15 is 0 Å². The van der Waals surface area contributed by atoms with Crippen LogP contribution in [0.3, 0.4) is 0 Å². The molecule has 1 rings (SSSR count). The Morgan fingerprint density at radius 2 is 2.21 bits per heavy atom. The van der Waals surface area contributed by atoms with Gasteiger partial charge in [0.1, 0.15) is 0 Å². The summed E-state index contributed by atoms with van der Waals surface area (Å²) in [5.74, 6) is -1.22. The van der Waals surface area contributed by atoms with Gasteiger partial charge in [-0.15, -0.1) is 0 Å². The van der Waals surface area contributed by atoms with Crippen LogP contribution >= 0.6 is 15.9 Å². The molecule has 0 spiro atoms. The van der Waals surface area contributed by atoms with Crippen molar-refractivity contribution < 1.29 is 15.0 Å². The van der Waals surface area contributed by atoms with Crippen LogP contribution in [0.5, 0.6) is 0 Å². The first kappa shape index (κ1) is 11.2. The number of carboxylic acids is 1. The Bertz CT molecular complexity index is 351. The van der Waals surface area contributed by atoms with E-state index in [0.717, 1.165) is 4.47 Å². The number of carboxylic acid groups (broad SMARTS) is 1. The van der Waals surface area contributed by atoms with E-state index in [2.05, 4.69) is 15.9 Å². The molecule has 0 fully saturated rings. The van der Waals surface area contributed by atoms with Gasteiger partial charge in [0.15, 0.2) is 5.60 Å². The zero-order valence-corrected chi connectivity index (χ0v) is 9.28. The average molecular weight is 259 g/mol. The van der Waals surface area contributed by atoms with Gasteiger partial charge in [0, 0.05) is 4.47 Å². The summed E-state index contributed by atoms with van der Waals surface area (Å²) in [6, 6.07) is 6.68. The van der Waals surface area contributed by atoms with Gasteiger partial charge in [-0.1, -0.05) is 35.0 Å². The van der Waals surface area contributed by atoms with Gasteiger partial charge in [-0.2, -0.15) is 0 Å². The highest BCUT2D eigenvalue weighted by molar-refractivity contribution is 9.10. The van der Waals surface area contributed by atoms with Crippen molar-refractivity contribution in [2.45, 2.75) is 18.9 Å². The molecule has 4 heteroatoms. The Balaban J connectivity index is 3.19. The van der Waals surface area contributed by atoms with E-state index in [9.17, 15) is 9.90 Å². The van der Waals surface area contributed by atoms with Gasteiger partial charge in [0.2, 0.25) is 0 Å². The Labute approximate surface area is 90.5 Å². The topological polar surface area (TPSA) is 57.5 Å². The van der Waals surface area contributed by atoms with Gasteiger partial charge in [0.25, 0.3) is 0 Å². The molecule has 1 atom stereocenters. The number of hydrogen-bond donors (Lipinski definition) is 2.